The summed E-state index contributed by atoms with van der Waals surface area (Å²) in [7, 11) is 1.27. The van der Waals surface area contributed by atoms with Crippen molar-refractivity contribution in [3.8, 4) is 0 Å². The Labute approximate surface area is 309 Å². The third-order valence-corrected chi connectivity index (χ3v) is 8.61. The molecule has 54 heavy (non-hydrogen) atoms. The van der Waals surface area contributed by atoms with Gasteiger partial charge in [0.1, 0.15) is 30.2 Å². The van der Waals surface area contributed by atoms with Gasteiger partial charge in [-0.3, -0.25) is 33.6 Å². The number of para-hydroxylation sites is 1. The zero-order valence-electron chi connectivity index (χ0n) is 29.7. The van der Waals surface area contributed by atoms with Gasteiger partial charge in [0.2, 0.25) is 29.5 Å². The molecule has 6 amide bonds. The van der Waals surface area contributed by atoms with E-state index in [4.69, 9.17) is 5.73 Å². The minimum Gasteiger partial charge on any atom is -0.481 e. The van der Waals surface area contributed by atoms with Crippen molar-refractivity contribution in [2.24, 2.45) is 5.73 Å². The summed E-state index contributed by atoms with van der Waals surface area (Å²) in [4.78, 5) is 106. The van der Waals surface area contributed by atoms with Gasteiger partial charge in [-0.25, -0.2) is 4.79 Å². The van der Waals surface area contributed by atoms with Gasteiger partial charge >= 0.3 is 18.0 Å². The lowest BCUT2D eigenvalue weighted by atomic mass is 10.0. The largest absolute Gasteiger partial charge is 0.481 e. The Morgan fingerprint density at radius 1 is 0.722 bits per heavy atom. The molecular formula is C36H45N7O11. The van der Waals surface area contributed by atoms with Gasteiger partial charge in [-0.15, -0.1) is 0 Å². The number of nitrogens with one attached hydrogen (secondary N) is 5. The third-order valence-electron chi connectivity index (χ3n) is 8.61. The molecule has 1 heterocycles. The summed E-state index contributed by atoms with van der Waals surface area (Å²) in [5.74, 6) is -7.69. The number of carboxylic acid groups (broad SMARTS) is 3. The van der Waals surface area contributed by atoms with Gasteiger partial charge in [-0.1, -0.05) is 68.3 Å². The second kappa shape index (κ2) is 20.0. The fraction of sp³-hybridized carbons (Fsp3) is 0.389. The van der Waals surface area contributed by atoms with Gasteiger partial charge < -0.3 is 52.2 Å². The van der Waals surface area contributed by atoms with Gasteiger partial charge in [-0.2, -0.15) is 0 Å². The molecule has 0 spiro atoms. The standard InChI is InChI=1S/C36H45N7O11/c1-3-4-14-28(34(51)40-25(17-29(44)45)32(49)39-24(31(37)48)15-20-10-6-5-7-11-20)43(2)35(52)27(16-21-19-38-23-13-9-8-12-22(21)23)41-33(50)26(18-30(46)47)42-36(53)54/h5-13,19,24-28,38,42H,3-4,14-18H2,1-2H3,(H2,37,48)(H,39,49)(H,40,51)(H,41,50)(H,44,45)(H,46,47)(H,53,54)/t24-,25-,26+,27-,28-/m0/s1. The number of aliphatic carboxylic acids is 2. The van der Waals surface area contributed by atoms with Crippen LogP contribution in [0.15, 0.2) is 60.8 Å². The van der Waals surface area contributed by atoms with Gasteiger partial charge in [-0.05, 0) is 23.6 Å². The summed E-state index contributed by atoms with van der Waals surface area (Å²) in [6.45, 7) is 1.83. The Kier molecular flexibility index (Phi) is 15.5. The summed E-state index contributed by atoms with van der Waals surface area (Å²) in [5.41, 5.74) is 7.45. The predicted octanol–water partition coefficient (Wildman–Crippen LogP) is 0.496. The van der Waals surface area contributed by atoms with Crippen LogP contribution in [0.25, 0.3) is 10.9 Å². The van der Waals surface area contributed by atoms with Crippen LogP contribution >= 0.6 is 0 Å². The number of aromatic nitrogens is 1. The first-order valence-corrected chi connectivity index (χ1v) is 17.1. The summed E-state index contributed by atoms with van der Waals surface area (Å²) in [6.07, 6.45) is -1.06. The van der Waals surface area contributed by atoms with Crippen LogP contribution < -0.4 is 27.0 Å². The van der Waals surface area contributed by atoms with E-state index in [0.717, 1.165) is 4.90 Å². The Morgan fingerprint density at radius 2 is 1.28 bits per heavy atom. The first-order chi connectivity index (χ1) is 25.6. The zero-order chi connectivity index (χ0) is 39.9. The lowest BCUT2D eigenvalue weighted by Gasteiger charge is -2.32. The van der Waals surface area contributed by atoms with Gasteiger partial charge in [0, 0.05) is 37.0 Å². The maximum Gasteiger partial charge on any atom is 0.405 e. The van der Waals surface area contributed by atoms with Crippen LogP contribution in [-0.4, -0.2) is 110 Å². The number of amides is 6. The summed E-state index contributed by atoms with van der Waals surface area (Å²) < 4.78 is 0. The molecule has 5 atom stereocenters. The second-order valence-corrected chi connectivity index (χ2v) is 12.6. The molecule has 0 bridgehead atoms. The van der Waals surface area contributed by atoms with Crippen LogP contribution in [0.5, 0.6) is 0 Å². The molecule has 0 aliphatic heterocycles. The van der Waals surface area contributed by atoms with E-state index >= 15 is 0 Å². The molecular weight excluding hydrogens is 706 g/mol. The number of unbranched alkanes of at least 4 members (excludes halogenated alkanes) is 1. The normalized spacial score (nSPS) is 13.7. The second-order valence-electron chi connectivity index (χ2n) is 12.6. The van der Waals surface area contributed by atoms with Crippen molar-refractivity contribution in [1.29, 1.82) is 0 Å². The highest BCUT2D eigenvalue weighted by Gasteiger charge is 2.36. The Balaban J connectivity index is 1.92. The fourth-order valence-corrected chi connectivity index (χ4v) is 5.82. The average molecular weight is 752 g/mol. The van der Waals surface area contributed by atoms with Crippen molar-refractivity contribution >= 4 is 58.5 Å². The maximum absolute atomic E-state index is 14.3. The molecule has 0 aliphatic carbocycles. The highest BCUT2D eigenvalue weighted by Crippen LogP contribution is 2.21. The van der Waals surface area contributed by atoms with Crippen molar-refractivity contribution in [2.45, 2.75) is 82.1 Å². The number of nitrogens with zero attached hydrogens (tertiary/aromatic N) is 1. The lowest BCUT2D eigenvalue weighted by Crippen LogP contribution is -2.60. The lowest BCUT2D eigenvalue weighted by molar-refractivity contribution is -0.145. The van der Waals surface area contributed by atoms with Crippen LogP contribution in [-0.2, 0) is 46.4 Å². The maximum atomic E-state index is 14.3. The number of carbonyl (C=O) groups excluding carboxylic acids is 5. The van der Waals surface area contributed by atoms with E-state index in [9.17, 15) is 53.7 Å². The third kappa shape index (κ3) is 12.3. The zero-order valence-corrected chi connectivity index (χ0v) is 29.7. The van der Waals surface area contributed by atoms with Crippen LogP contribution in [0.2, 0.25) is 0 Å². The Hall–Kier alpha value is -6.46. The van der Waals surface area contributed by atoms with Gasteiger partial charge in [0.15, 0.2) is 0 Å². The molecule has 0 fully saturated rings. The molecule has 10 N–H and O–H groups in total. The van der Waals surface area contributed by atoms with Crippen molar-refractivity contribution < 1.29 is 53.7 Å². The number of hydrogen-bond acceptors (Lipinski definition) is 8. The molecule has 3 rings (SSSR count). The number of carboxylic acids is 2. The molecule has 18 nitrogen and oxygen atoms in total. The molecule has 0 saturated heterocycles. The van der Waals surface area contributed by atoms with E-state index in [2.05, 4.69) is 20.9 Å². The number of benzene rings is 2. The molecule has 0 saturated carbocycles. The quantitative estimate of drug-likeness (QED) is 0.0722. The number of rotatable bonds is 21. The van der Waals surface area contributed by atoms with Gasteiger partial charge in [0.25, 0.3) is 0 Å². The van der Waals surface area contributed by atoms with Crippen molar-refractivity contribution in [3.05, 3.63) is 71.9 Å². The molecule has 0 radical (unpaired) electrons. The first-order valence-electron chi connectivity index (χ1n) is 17.1. The molecule has 18 heteroatoms. The Bertz CT molecular complexity index is 1820. The van der Waals surface area contributed by atoms with E-state index in [0.29, 0.717) is 34.9 Å². The molecule has 3 aromatic rings. The van der Waals surface area contributed by atoms with Crippen LogP contribution in [0.1, 0.15) is 50.2 Å². The van der Waals surface area contributed by atoms with Gasteiger partial charge in [0.05, 0.1) is 12.8 Å². The molecule has 0 unspecified atom stereocenters. The number of aromatic amines is 1. The molecule has 2 aromatic carbocycles. The summed E-state index contributed by atoms with van der Waals surface area (Å²) in [5, 5.41) is 37.9. The summed E-state index contributed by atoms with van der Waals surface area (Å²) >= 11 is 0. The number of fused-ring (bicyclic) bond motifs is 1. The van der Waals surface area contributed by atoms with Crippen LogP contribution in [0.4, 0.5) is 4.79 Å². The van der Waals surface area contributed by atoms with E-state index in [-0.39, 0.29) is 19.3 Å². The number of H-pyrrole nitrogens is 1. The highest BCUT2D eigenvalue weighted by molar-refractivity contribution is 5.98. The van der Waals surface area contributed by atoms with Crippen LogP contribution in [0, 0.1) is 0 Å². The predicted molar refractivity (Wildman–Crippen MR) is 193 cm³/mol. The van der Waals surface area contributed by atoms with Crippen molar-refractivity contribution in [3.63, 3.8) is 0 Å². The fourth-order valence-electron chi connectivity index (χ4n) is 5.82. The molecule has 1 aromatic heterocycles. The van der Waals surface area contributed by atoms with E-state index in [1.165, 1.54) is 7.05 Å². The van der Waals surface area contributed by atoms with Crippen LogP contribution in [0.3, 0.4) is 0 Å². The number of likely N-dealkylation sites (N-methyl/N-ethyl adjacent to an activating group) is 1. The van der Waals surface area contributed by atoms with E-state index < -0.39 is 90.6 Å². The monoisotopic (exact) mass is 751 g/mol. The number of nitrogens with two attached hydrogens (primary N) is 1. The highest BCUT2D eigenvalue weighted by atomic mass is 16.4. The molecule has 290 valence electrons. The van der Waals surface area contributed by atoms with Crippen molar-refractivity contribution in [2.75, 3.05) is 7.05 Å². The number of hydrogen-bond donors (Lipinski definition) is 9. The Morgan fingerprint density at radius 3 is 1.85 bits per heavy atom. The van der Waals surface area contributed by atoms with E-state index in [1.54, 1.807) is 60.8 Å². The minimum absolute atomic E-state index is 0.00907. The van der Waals surface area contributed by atoms with Crippen molar-refractivity contribution in [1.82, 2.24) is 31.2 Å². The minimum atomic E-state index is -1.77. The molecule has 0 aliphatic rings. The number of carbonyl (C=O) groups is 8. The first kappa shape index (κ1) is 42.0. The topological polar surface area (TPSA) is 290 Å². The number of primary amides is 1. The summed E-state index contributed by atoms with van der Waals surface area (Å²) in [6, 6.07) is 8.18. The average Bonchev–Trinajstić information content (AvgIpc) is 3.52. The smallest absolute Gasteiger partial charge is 0.405 e. The van der Waals surface area contributed by atoms with E-state index in [1.807, 2.05) is 12.2 Å². The SMILES string of the molecule is CCCC[C@@H](C(=O)N[C@@H](CC(=O)O)C(=O)N[C@@H](Cc1ccccc1)C(N)=O)N(C)C(=O)[C@H](Cc1c[nH]c2ccccc12)NC(=O)[C@@H](CC(=O)O)NC(=O)O.